The number of likely N-dealkylation sites (tertiary alicyclic amines) is 1. The summed E-state index contributed by atoms with van der Waals surface area (Å²) >= 11 is 0. The summed E-state index contributed by atoms with van der Waals surface area (Å²) in [5.74, 6) is 1.17. The van der Waals surface area contributed by atoms with Gasteiger partial charge in [-0.2, -0.15) is 0 Å². The van der Waals surface area contributed by atoms with Crippen LogP contribution in [0.5, 0.6) is 0 Å². The highest BCUT2D eigenvalue weighted by atomic mass is 16.2. The summed E-state index contributed by atoms with van der Waals surface area (Å²) in [6.07, 6.45) is 2.82. The summed E-state index contributed by atoms with van der Waals surface area (Å²) in [6.45, 7) is 5.04. The summed E-state index contributed by atoms with van der Waals surface area (Å²) in [5, 5.41) is 0. The van der Waals surface area contributed by atoms with Crippen LogP contribution in [0.15, 0.2) is 0 Å². The molecule has 0 aromatic rings. The van der Waals surface area contributed by atoms with Gasteiger partial charge < -0.3 is 10.6 Å². The van der Waals surface area contributed by atoms with Crippen molar-refractivity contribution in [2.45, 2.75) is 51.6 Å². The molecule has 2 fully saturated rings. The van der Waals surface area contributed by atoms with Crippen LogP contribution in [0.1, 0.15) is 39.5 Å². The average molecular weight is 238 g/mol. The van der Waals surface area contributed by atoms with Crippen LogP contribution in [0.2, 0.25) is 0 Å². The zero-order chi connectivity index (χ0) is 12.6. The van der Waals surface area contributed by atoms with Crippen LogP contribution in [-0.4, -0.2) is 35.2 Å². The van der Waals surface area contributed by atoms with Crippen molar-refractivity contribution in [3.05, 3.63) is 0 Å². The van der Waals surface area contributed by atoms with Crippen LogP contribution in [-0.2, 0) is 9.59 Å². The minimum atomic E-state index is -0.319. The Morgan fingerprint density at radius 1 is 1.29 bits per heavy atom. The molecule has 1 aliphatic heterocycles. The fraction of sp³-hybridized carbons (Fsp3) is 0.846. The van der Waals surface area contributed by atoms with Crippen molar-refractivity contribution in [1.29, 1.82) is 0 Å². The number of carbonyl (C=O) groups excluding carboxylic acids is 2. The van der Waals surface area contributed by atoms with E-state index in [0.29, 0.717) is 30.5 Å². The molecule has 0 aromatic carbocycles. The van der Waals surface area contributed by atoms with E-state index in [2.05, 4.69) is 13.8 Å². The minimum Gasteiger partial charge on any atom is -0.338 e. The molecule has 4 nitrogen and oxygen atoms in total. The minimum absolute atomic E-state index is 0.0787. The Labute approximate surface area is 103 Å². The molecule has 1 saturated carbocycles. The quantitative estimate of drug-likeness (QED) is 0.778. The highest BCUT2D eigenvalue weighted by Crippen LogP contribution is 2.33. The summed E-state index contributed by atoms with van der Waals surface area (Å²) in [6, 6.07) is -0.0887. The first-order chi connectivity index (χ1) is 8.00. The first-order valence-corrected chi connectivity index (χ1v) is 6.58. The first kappa shape index (κ1) is 12.6. The van der Waals surface area contributed by atoms with E-state index in [1.807, 2.05) is 4.90 Å². The Kier molecular flexibility index (Phi) is 3.52. The topological polar surface area (TPSA) is 63.4 Å². The van der Waals surface area contributed by atoms with Crippen LogP contribution in [0, 0.1) is 11.8 Å². The van der Waals surface area contributed by atoms with Gasteiger partial charge in [0.25, 0.3) is 0 Å². The van der Waals surface area contributed by atoms with Crippen molar-refractivity contribution in [2.24, 2.45) is 17.6 Å². The van der Waals surface area contributed by atoms with Gasteiger partial charge in [-0.1, -0.05) is 13.8 Å². The van der Waals surface area contributed by atoms with E-state index in [9.17, 15) is 9.59 Å². The number of hydrogen-bond acceptors (Lipinski definition) is 3. The Hall–Kier alpha value is -0.900. The molecule has 1 amide bonds. The molecule has 4 heteroatoms. The van der Waals surface area contributed by atoms with Gasteiger partial charge >= 0.3 is 0 Å². The van der Waals surface area contributed by atoms with Gasteiger partial charge in [0.1, 0.15) is 5.78 Å². The largest absolute Gasteiger partial charge is 0.338 e. The molecule has 17 heavy (non-hydrogen) atoms. The van der Waals surface area contributed by atoms with Crippen LogP contribution in [0.4, 0.5) is 0 Å². The maximum absolute atomic E-state index is 12.0. The molecule has 0 radical (unpaired) electrons. The third-order valence-corrected chi connectivity index (χ3v) is 4.21. The smallest absolute Gasteiger partial charge is 0.239 e. The van der Waals surface area contributed by atoms with Crippen LogP contribution < -0.4 is 5.73 Å². The van der Waals surface area contributed by atoms with Crippen LogP contribution >= 0.6 is 0 Å². The van der Waals surface area contributed by atoms with E-state index in [1.54, 1.807) is 0 Å². The number of rotatable bonds is 2. The Bertz CT molecular complexity index is 327. The zero-order valence-electron chi connectivity index (χ0n) is 10.7. The maximum Gasteiger partial charge on any atom is 0.239 e. The molecule has 2 N–H and O–H groups in total. The fourth-order valence-electron chi connectivity index (χ4n) is 3.14. The SMILES string of the molecule is CC(C)[C@@H]1CC(=O)CC[C@@H]1N1CC[C@H](N)C1=O. The molecule has 2 aliphatic rings. The number of nitrogens with two attached hydrogens (primary N) is 1. The molecule has 0 bridgehead atoms. The number of Topliss-reactive ketones (excluding diaryl/α,β-unsaturated/α-hetero) is 1. The normalized spacial score (nSPS) is 34.8. The molecule has 3 atom stereocenters. The summed E-state index contributed by atoms with van der Waals surface area (Å²) in [5.41, 5.74) is 5.77. The van der Waals surface area contributed by atoms with Gasteiger partial charge in [-0.05, 0) is 24.7 Å². The monoisotopic (exact) mass is 238 g/mol. The molecule has 0 unspecified atom stereocenters. The van der Waals surface area contributed by atoms with Gasteiger partial charge in [-0.25, -0.2) is 0 Å². The van der Waals surface area contributed by atoms with Crippen molar-refractivity contribution in [2.75, 3.05) is 6.54 Å². The van der Waals surface area contributed by atoms with E-state index < -0.39 is 0 Å². The summed E-state index contributed by atoms with van der Waals surface area (Å²) in [4.78, 5) is 25.5. The third-order valence-electron chi connectivity index (χ3n) is 4.21. The van der Waals surface area contributed by atoms with E-state index in [0.717, 1.165) is 19.4 Å². The van der Waals surface area contributed by atoms with E-state index >= 15 is 0 Å². The highest BCUT2D eigenvalue weighted by Gasteiger charge is 2.40. The number of hydrogen-bond donors (Lipinski definition) is 1. The predicted molar refractivity (Wildman–Crippen MR) is 65.3 cm³/mol. The Balaban J connectivity index is 2.13. The molecular weight excluding hydrogens is 216 g/mol. The Morgan fingerprint density at radius 2 is 2.00 bits per heavy atom. The lowest BCUT2D eigenvalue weighted by Gasteiger charge is -2.39. The predicted octanol–water partition coefficient (Wildman–Crippen LogP) is 0.940. The zero-order valence-corrected chi connectivity index (χ0v) is 10.7. The van der Waals surface area contributed by atoms with Gasteiger partial charge in [-0.15, -0.1) is 0 Å². The molecular formula is C13H22N2O2. The molecule has 0 spiro atoms. The van der Waals surface area contributed by atoms with Gasteiger partial charge in [0.15, 0.2) is 0 Å². The van der Waals surface area contributed by atoms with Crippen molar-refractivity contribution in [3.8, 4) is 0 Å². The van der Waals surface area contributed by atoms with E-state index in [4.69, 9.17) is 5.73 Å². The lowest BCUT2D eigenvalue weighted by Crippen LogP contribution is -2.48. The second-order valence-corrected chi connectivity index (χ2v) is 5.68. The summed E-state index contributed by atoms with van der Waals surface area (Å²) in [7, 11) is 0. The van der Waals surface area contributed by atoms with Crippen LogP contribution in [0.3, 0.4) is 0 Å². The molecule has 1 saturated heterocycles. The summed E-state index contributed by atoms with van der Waals surface area (Å²) < 4.78 is 0. The van der Waals surface area contributed by atoms with Crippen LogP contribution in [0.25, 0.3) is 0 Å². The molecule has 2 rings (SSSR count). The number of nitrogens with zero attached hydrogens (tertiary/aromatic N) is 1. The lowest BCUT2D eigenvalue weighted by atomic mass is 9.76. The van der Waals surface area contributed by atoms with Crippen molar-refractivity contribution in [1.82, 2.24) is 4.90 Å². The third kappa shape index (κ3) is 2.37. The molecule has 0 aromatic heterocycles. The molecule has 1 heterocycles. The van der Waals surface area contributed by atoms with Gasteiger partial charge in [0, 0.05) is 25.4 Å². The first-order valence-electron chi connectivity index (χ1n) is 6.58. The van der Waals surface area contributed by atoms with Gasteiger partial charge in [0.2, 0.25) is 5.91 Å². The Morgan fingerprint density at radius 3 is 2.53 bits per heavy atom. The standard InChI is InChI=1S/C13H22N2O2/c1-8(2)10-7-9(16)3-4-12(10)15-6-5-11(14)13(15)17/h8,10-12H,3-7,14H2,1-2H3/t10-,11-,12-/m0/s1. The average Bonchev–Trinajstić information content (AvgIpc) is 2.60. The van der Waals surface area contributed by atoms with E-state index in [1.165, 1.54) is 0 Å². The number of carbonyl (C=O) groups is 2. The highest BCUT2D eigenvalue weighted by molar-refractivity contribution is 5.85. The molecule has 1 aliphatic carbocycles. The fourth-order valence-corrected chi connectivity index (χ4v) is 3.14. The molecule has 96 valence electrons. The second kappa shape index (κ2) is 4.77. The maximum atomic E-state index is 12.0. The van der Waals surface area contributed by atoms with Gasteiger partial charge in [-0.3, -0.25) is 9.59 Å². The lowest BCUT2D eigenvalue weighted by molar-refractivity contribution is -0.135. The van der Waals surface area contributed by atoms with Crippen molar-refractivity contribution < 1.29 is 9.59 Å². The van der Waals surface area contributed by atoms with Crippen molar-refractivity contribution in [3.63, 3.8) is 0 Å². The number of amides is 1. The number of ketones is 1. The van der Waals surface area contributed by atoms with E-state index in [-0.39, 0.29) is 18.0 Å². The van der Waals surface area contributed by atoms with Gasteiger partial charge in [0.05, 0.1) is 6.04 Å². The van der Waals surface area contributed by atoms with Crippen molar-refractivity contribution >= 4 is 11.7 Å². The second-order valence-electron chi connectivity index (χ2n) is 5.68.